The molecule has 1 heterocycles. The van der Waals surface area contributed by atoms with Crippen molar-refractivity contribution in [3.63, 3.8) is 0 Å². The van der Waals surface area contributed by atoms with Gasteiger partial charge >= 0.3 is 0 Å². The van der Waals surface area contributed by atoms with Crippen LogP contribution in [0.25, 0.3) is 6.08 Å². The van der Waals surface area contributed by atoms with Crippen molar-refractivity contribution in [2.75, 3.05) is 20.3 Å². The van der Waals surface area contributed by atoms with Crippen molar-refractivity contribution in [1.82, 2.24) is 4.90 Å². The minimum absolute atomic E-state index is 0.0603. The third-order valence-electron chi connectivity index (χ3n) is 3.04. The Morgan fingerprint density at radius 2 is 2.17 bits per heavy atom. The van der Waals surface area contributed by atoms with Crippen LogP contribution in [-0.4, -0.2) is 36.3 Å². The first-order chi connectivity index (χ1) is 11.0. The third kappa shape index (κ3) is 3.63. The number of halogens is 1. The van der Waals surface area contributed by atoms with E-state index in [9.17, 15) is 9.59 Å². The summed E-state index contributed by atoms with van der Waals surface area (Å²) in [7, 11) is 1.48. The maximum absolute atomic E-state index is 12.1. The van der Waals surface area contributed by atoms with Gasteiger partial charge in [0.05, 0.1) is 17.0 Å². The summed E-state index contributed by atoms with van der Waals surface area (Å²) < 4.78 is 10.6. The normalized spacial score (nSPS) is 15.9. The van der Waals surface area contributed by atoms with Gasteiger partial charge in [0.15, 0.2) is 11.5 Å². The lowest BCUT2D eigenvalue weighted by atomic mass is 10.1. The monoisotopic (exact) mass is 351 g/mol. The average Bonchev–Trinajstić information content (AvgIpc) is 2.79. The maximum atomic E-state index is 12.1. The van der Waals surface area contributed by atoms with E-state index in [1.54, 1.807) is 25.1 Å². The lowest BCUT2D eigenvalue weighted by Crippen LogP contribution is -2.27. The van der Waals surface area contributed by atoms with Gasteiger partial charge in [-0.05, 0) is 42.5 Å². The molecule has 1 fully saturated rings. The van der Waals surface area contributed by atoms with E-state index < -0.39 is 0 Å². The molecule has 0 saturated carbocycles. The van der Waals surface area contributed by atoms with Crippen LogP contribution in [-0.2, 0) is 4.79 Å². The number of terminal acetylenes is 1. The van der Waals surface area contributed by atoms with E-state index in [1.165, 1.54) is 12.0 Å². The first kappa shape index (κ1) is 17.3. The second kappa shape index (κ2) is 7.44. The Balaban J connectivity index is 2.37. The minimum Gasteiger partial charge on any atom is -0.493 e. The van der Waals surface area contributed by atoms with Crippen molar-refractivity contribution in [2.24, 2.45) is 0 Å². The van der Waals surface area contributed by atoms with E-state index in [0.717, 1.165) is 11.8 Å². The maximum Gasteiger partial charge on any atom is 0.293 e. The molecule has 0 bridgehead atoms. The van der Waals surface area contributed by atoms with Crippen LogP contribution >= 0.6 is 23.4 Å². The number of rotatable bonds is 5. The molecule has 0 N–H and O–H groups in total. The second-order valence-corrected chi connectivity index (χ2v) is 5.85. The van der Waals surface area contributed by atoms with Gasteiger partial charge in [-0.15, -0.1) is 6.42 Å². The second-order valence-electron chi connectivity index (χ2n) is 4.45. The predicted octanol–water partition coefficient (Wildman–Crippen LogP) is 3.42. The summed E-state index contributed by atoms with van der Waals surface area (Å²) in [5.41, 5.74) is 0.626. The molecule has 0 radical (unpaired) electrons. The Kier molecular flexibility index (Phi) is 5.59. The van der Waals surface area contributed by atoms with Crippen LogP contribution < -0.4 is 9.47 Å². The fraction of sp³-hybridized carbons (Fsp3) is 0.250. The van der Waals surface area contributed by atoms with Gasteiger partial charge in [-0.2, -0.15) is 0 Å². The Bertz CT molecular complexity index is 724. The highest BCUT2D eigenvalue weighted by Crippen LogP contribution is 2.38. The standard InChI is InChI=1S/C16H14ClNO4S/c1-4-6-22-14-11(17)7-10(8-12(14)21-3)9-13-15(19)18(5-2)16(20)23-13/h1,7-9H,5-6H2,2-3H3/b13-9-. The molecule has 5 nitrogen and oxygen atoms in total. The van der Waals surface area contributed by atoms with Crippen molar-refractivity contribution in [1.29, 1.82) is 0 Å². The van der Waals surface area contributed by atoms with Gasteiger partial charge < -0.3 is 9.47 Å². The van der Waals surface area contributed by atoms with E-state index in [1.807, 2.05) is 0 Å². The molecule has 1 aliphatic rings. The number of thioether (sulfide) groups is 1. The minimum atomic E-state index is -0.315. The largest absolute Gasteiger partial charge is 0.493 e. The molecular weight excluding hydrogens is 338 g/mol. The number of imide groups is 1. The number of carbonyl (C=O) groups is 2. The van der Waals surface area contributed by atoms with E-state index >= 15 is 0 Å². The van der Waals surface area contributed by atoms with Gasteiger partial charge in [-0.25, -0.2) is 0 Å². The van der Waals surface area contributed by atoms with E-state index in [4.69, 9.17) is 27.5 Å². The van der Waals surface area contributed by atoms with Gasteiger partial charge in [0.1, 0.15) is 6.61 Å². The fourth-order valence-electron chi connectivity index (χ4n) is 2.00. The van der Waals surface area contributed by atoms with Crippen molar-refractivity contribution < 1.29 is 19.1 Å². The van der Waals surface area contributed by atoms with Crippen molar-refractivity contribution >= 4 is 40.6 Å². The van der Waals surface area contributed by atoms with E-state index in [0.29, 0.717) is 33.5 Å². The lowest BCUT2D eigenvalue weighted by Gasteiger charge is -2.11. The molecule has 1 aliphatic heterocycles. The molecule has 0 aromatic heterocycles. The topological polar surface area (TPSA) is 55.8 Å². The zero-order valence-corrected chi connectivity index (χ0v) is 14.2. The molecule has 1 aromatic carbocycles. The number of nitrogens with zero attached hydrogens (tertiary/aromatic N) is 1. The Hall–Kier alpha value is -2.10. The van der Waals surface area contributed by atoms with E-state index in [2.05, 4.69) is 5.92 Å². The van der Waals surface area contributed by atoms with Gasteiger partial charge in [0.2, 0.25) is 0 Å². The van der Waals surface area contributed by atoms with Crippen LogP contribution in [0.5, 0.6) is 11.5 Å². The number of carbonyl (C=O) groups excluding carboxylic acids is 2. The number of hydrogen-bond donors (Lipinski definition) is 0. The van der Waals surface area contributed by atoms with Gasteiger partial charge in [-0.1, -0.05) is 17.5 Å². The molecule has 0 spiro atoms. The first-order valence-corrected chi connectivity index (χ1v) is 7.90. The number of amides is 2. The molecule has 1 saturated heterocycles. The number of benzene rings is 1. The fourth-order valence-corrected chi connectivity index (χ4v) is 3.18. The predicted molar refractivity (Wildman–Crippen MR) is 90.7 cm³/mol. The average molecular weight is 352 g/mol. The summed E-state index contributed by atoms with van der Waals surface area (Å²) in [6.45, 7) is 2.15. The highest BCUT2D eigenvalue weighted by Gasteiger charge is 2.33. The smallest absolute Gasteiger partial charge is 0.293 e. The summed E-state index contributed by atoms with van der Waals surface area (Å²) in [6, 6.07) is 3.29. The molecule has 23 heavy (non-hydrogen) atoms. The van der Waals surface area contributed by atoms with Crippen molar-refractivity contribution in [3.8, 4) is 23.8 Å². The molecule has 0 unspecified atom stereocenters. The number of hydrogen-bond acceptors (Lipinski definition) is 5. The molecule has 120 valence electrons. The molecule has 7 heteroatoms. The van der Waals surface area contributed by atoms with Crippen LogP contribution in [0.4, 0.5) is 4.79 Å². The number of methoxy groups -OCH3 is 1. The zero-order valence-electron chi connectivity index (χ0n) is 12.6. The summed E-state index contributed by atoms with van der Waals surface area (Å²) in [6.07, 6.45) is 6.76. The number of ether oxygens (including phenoxy) is 2. The molecule has 0 aliphatic carbocycles. The first-order valence-electron chi connectivity index (χ1n) is 6.71. The van der Waals surface area contributed by atoms with Crippen LogP contribution in [0.3, 0.4) is 0 Å². The summed E-state index contributed by atoms with van der Waals surface area (Å²) >= 11 is 7.08. The van der Waals surface area contributed by atoms with Crippen LogP contribution in [0.1, 0.15) is 12.5 Å². The highest BCUT2D eigenvalue weighted by atomic mass is 35.5. The SMILES string of the molecule is C#CCOc1c(Cl)cc(/C=C2\SC(=O)N(CC)C2=O)cc1OC. The summed E-state index contributed by atoms with van der Waals surface area (Å²) in [5, 5.41) is 0.0244. The highest BCUT2D eigenvalue weighted by molar-refractivity contribution is 8.18. The Morgan fingerprint density at radius 1 is 1.43 bits per heavy atom. The summed E-state index contributed by atoms with van der Waals surface area (Å²) in [5.74, 6) is 2.77. The quantitative estimate of drug-likeness (QED) is 0.601. The van der Waals surface area contributed by atoms with Crippen molar-refractivity contribution in [2.45, 2.75) is 6.92 Å². The number of likely N-dealkylation sites (N-methyl/N-ethyl adjacent to an activating group) is 1. The van der Waals surface area contributed by atoms with E-state index in [-0.39, 0.29) is 17.8 Å². The molecular formula is C16H14ClNO4S. The van der Waals surface area contributed by atoms with Gasteiger partial charge in [0.25, 0.3) is 11.1 Å². The Labute approximate surface area is 143 Å². The molecule has 2 amide bonds. The van der Waals surface area contributed by atoms with Crippen LogP contribution in [0.15, 0.2) is 17.0 Å². The lowest BCUT2D eigenvalue weighted by molar-refractivity contribution is -0.122. The Morgan fingerprint density at radius 3 is 2.74 bits per heavy atom. The molecule has 1 aromatic rings. The molecule has 0 atom stereocenters. The zero-order chi connectivity index (χ0) is 17.0. The molecule has 2 rings (SSSR count). The van der Waals surface area contributed by atoms with Crippen LogP contribution in [0.2, 0.25) is 5.02 Å². The summed E-state index contributed by atoms with van der Waals surface area (Å²) in [4.78, 5) is 25.3. The van der Waals surface area contributed by atoms with Gasteiger partial charge in [0, 0.05) is 6.54 Å². The third-order valence-corrected chi connectivity index (χ3v) is 4.23. The van der Waals surface area contributed by atoms with Crippen molar-refractivity contribution in [3.05, 3.63) is 27.6 Å². The van der Waals surface area contributed by atoms with Gasteiger partial charge in [-0.3, -0.25) is 14.5 Å². The van der Waals surface area contributed by atoms with Crippen LogP contribution in [0, 0.1) is 12.3 Å².